The minimum Gasteiger partial charge on any atom is -0.263 e. The lowest BCUT2D eigenvalue weighted by Crippen LogP contribution is -2.30. The lowest BCUT2D eigenvalue weighted by atomic mass is 10.1. The van der Waals surface area contributed by atoms with Gasteiger partial charge in [-0.05, 0) is 24.0 Å². The third-order valence-corrected chi connectivity index (χ3v) is 4.90. The van der Waals surface area contributed by atoms with Crippen LogP contribution in [-0.4, -0.2) is 25.4 Å². The third kappa shape index (κ3) is 3.82. The van der Waals surface area contributed by atoms with Gasteiger partial charge in [0.15, 0.2) is 0 Å². The Kier molecular flexibility index (Phi) is 5.17. The van der Waals surface area contributed by atoms with Crippen LogP contribution in [-0.2, 0) is 10.0 Å². The Morgan fingerprint density at radius 2 is 1.95 bits per heavy atom. The van der Waals surface area contributed by atoms with Crippen molar-refractivity contribution in [3.8, 4) is 0 Å². The summed E-state index contributed by atoms with van der Waals surface area (Å²) in [6, 6.07) is 12.5. The number of aromatic nitrogens is 1. The van der Waals surface area contributed by atoms with E-state index in [1.54, 1.807) is 24.0 Å². The molecule has 1 aromatic heterocycles. The number of rotatable bonds is 6. The van der Waals surface area contributed by atoms with Gasteiger partial charge in [-0.1, -0.05) is 30.3 Å². The van der Waals surface area contributed by atoms with Crippen LogP contribution in [0, 0.1) is 0 Å². The van der Waals surface area contributed by atoms with Crippen molar-refractivity contribution < 1.29 is 8.42 Å². The second-order valence-electron chi connectivity index (χ2n) is 4.23. The number of hydrogen-bond acceptors (Lipinski definition) is 4. The molecule has 0 aliphatic carbocycles. The van der Waals surface area contributed by atoms with Crippen molar-refractivity contribution in [3.63, 3.8) is 0 Å². The second kappa shape index (κ2) is 6.88. The number of nitrogens with one attached hydrogen (secondary N) is 1. The Bertz CT molecular complexity index is 631. The van der Waals surface area contributed by atoms with Gasteiger partial charge >= 0.3 is 0 Å². The van der Waals surface area contributed by atoms with Crippen LogP contribution < -0.4 is 4.72 Å². The van der Waals surface area contributed by atoms with Crippen molar-refractivity contribution in [1.29, 1.82) is 0 Å². The van der Waals surface area contributed by atoms with Crippen LogP contribution in [0.2, 0.25) is 0 Å². The summed E-state index contributed by atoms with van der Waals surface area (Å²) < 4.78 is 27.4. The van der Waals surface area contributed by atoms with Crippen molar-refractivity contribution in [2.24, 2.45) is 0 Å². The lowest BCUT2D eigenvalue weighted by molar-refractivity contribution is 0.568. The molecule has 1 aromatic carbocycles. The van der Waals surface area contributed by atoms with Gasteiger partial charge in [0.2, 0.25) is 10.0 Å². The van der Waals surface area contributed by atoms with Gasteiger partial charge in [0.05, 0.1) is 6.04 Å². The molecule has 2 rings (SSSR count). The second-order valence-corrected chi connectivity index (χ2v) is 6.85. The number of benzene rings is 1. The third-order valence-electron chi connectivity index (χ3n) is 2.78. The van der Waals surface area contributed by atoms with Crippen LogP contribution >= 0.6 is 11.8 Å². The Morgan fingerprint density at radius 3 is 2.55 bits per heavy atom. The molecule has 0 saturated heterocycles. The zero-order chi connectivity index (χ0) is 14.4. The van der Waals surface area contributed by atoms with Crippen LogP contribution in [0.5, 0.6) is 0 Å². The van der Waals surface area contributed by atoms with Gasteiger partial charge in [-0.15, -0.1) is 0 Å². The smallest absolute Gasteiger partial charge is 0.242 e. The Hall–Kier alpha value is -1.37. The van der Waals surface area contributed by atoms with Gasteiger partial charge in [-0.25, -0.2) is 13.1 Å². The number of thioether (sulfide) groups is 1. The van der Waals surface area contributed by atoms with Gasteiger partial charge in [0.1, 0.15) is 4.90 Å². The van der Waals surface area contributed by atoms with Gasteiger partial charge in [0.25, 0.3) is 0 Å². The normalized spacial score (nSPS) is 13.1. The molecule has 2 aromatic rings. The van der Waals surface area contributed by atoms with Gasteiger partial charge in [-0.3, -0.25) is 4.98 Å². The minimum atomic E-state index is -3.56. The molecule has 0 bridgehead atoms. The molecule has 20 heavy (non-hydrogen) atoms. The molecule has 1 atom stereocenters. The maximum Gasteiger partial charge on any atom is 0.242 e. The van der Waals surface area contributed by atoms with E-state index in [9.17, 15) is 8.42 Å². The highest BCUT2D eigenvalue weighted by molar-refractivity contribution is 7.98. The summed E-state index contributed by atoms with van der Waals surface area (Å²) in [6.07, 6.45) is 4.85. The standard InChI is InChI=1S/C14H16N2O2S2/c1-19-11-14(12-6-3-2-4-7-12)16-20(17,18)13-8-5-9-15-10-13/h2-10,14,16H,11H2,1H3. The molecule has 106 valence electrons. The van der Waals surface area contributed by atoms with Crippen molar-refractivity contribution >= 4 is 21.8 Å². The molecule has 0 fully saturated rings. The van der Waals surface area contributed by atoms with E-state index in [-0.39, 0.29) is 10.9 Å². The summed E-state index contributed by atoms with van der Waals surface area (Å²) in [5.41, 5.74) is 0.953. The summed E-state index contributed by atoms with van der Waals surface area (Å²) in [5, 5.41) is 0. The summed E-state index contributed by atoms with van der Waals surface area (Å²) in [6.45, 7) is 0. The van der Waals surface area contributed by atoms with E-state index < -0.39 is 10.0 Å². The van der Waals surface area contributed by atoms with Crippen LogP contribution in [0.25, 0.3) is 0 Å². The highest BCUT2D eigenvalue weighted by Crippen LogP contribution is 2.20. The highest BCUT2D eigenvalue weighted by atomic mass is 32.2. The van der Waals surface area contributed by atoms with E-state index >= 15 is 0 Å². The molecule has 0 amide bonds. The fraction of sp³-hybridized carbons (Fsp3) is 0.214. The van der Waals surface area contributed by atoms with E-state index in [2.05, 4.69) is 9.71 Å². The van der Waals surface area contributed by atoms with E-state index in [0.717, 1.165) is 5.56 Å². The molecular weight excluding hydrogens is 292 g/mol. The van der Waals surface area contributed by atoms with Crippen LogP contribution in [0.3, 0.4) is 0 Å². The zero-order valence-electron chi connectivity index (χ0n) is 11.1. The van der Waals surface area contributed by atoms with Crippen molar-refractivity contribution in [2.45, 2.75) is 10.9 Å². The summed E-state index contributed by atoms with van der Waals surface area (Å²) in [5.74, 6) is 0.670. The van der Waals surface area contributed by atoms with E-state index in [1.807, 2.05) is 36.6 Å². The Labute approximate surface area is 123 Å². The quantitative estimate of drug-likeness (QED) is 0.890. The first-order valence-electron chi connectivity index (χ1n) is 6.10. The SMILES string of the molecule is CSCC(NS(=O)(=O)c1cccnc1)c1ccccc1. The van der Waals surface area contributed by atoms with E-state index in [1.165, 1.54) is 12.3 Å². The summed E-state index contributed by atoms with van der Waals surface area (Å²) in [4.78, 5) is 4.04. The van der Waals surface area contributed by atoms with Gasteiger partial charge < -0.3 is 0 Å². The molecule has 1 unspecified atom stereocenters. The van der Waals surface area contributed by atoms with E-state index in [4.69, 9.17) is 0 Å². The average molecular weight is 308 g/mol. The summed E-state index contributed by atoms with van der Waals surface area (Å²) >= 11 is 1.60. The van der Waals surface area contributed by atoms with E-state index in [0.29, 0.717) is 5.75 Å². The molecule has 0 aliphatic heterocycles. The number of pyridine rings is 1. The maximum atomic E-state index is 12.3. The fourth-order valence-electron chi connectivity index (χ4n) is 1.81. The molecule has 0 aliphatic rings. The Balaban J connectivity index is 2.25. The molecule has 0 radical (unpaired) electrons. The fourth-order valence-corrected chi connectivity index (χ4v) is 3.71. The van der Waals surface area contributed by atoms with Crippen molar-refractivity contribution in [2.75, 3.05) is 12.0 Å². The molecule has 6 heteroatoms. The molecule has 0 saturated carbocycles. The van der Waals surface area contributed by atoms with Crippen LogP contribution in [0.4, 0.5) is 0 Å². The first-order valence-corrected chi connectivity index (χ1v) is 8.97. The number of nitrogens with zero attached hydrogens (tertiary/aromatic N) is 1. The highest BCUT2D eigenvalue weighted by Gasteiger charge is 2.21. The lowest BCUT2D eigenvalue weighted by Gasteiger charge is -2.18. The molecular formula is C14H16N2O2S2. The average Bonchev–Trinajstić information content (AvgIpc) is 2.48. The molecule has 4 nitrogen and oxygen atoms in total. The first-order chi connectivity index (χ1) is 9.63. The Morgan fingerprint density at radius 1 is 1.20 bits per heavy atom. The van der Waals surface area contributed by atoms with Crippen molar-refractivity contribution in [1.82, 2.24) is 9.71 Å². The number of hydrogen-bond donors (Lipinski definition) is 1. The molecule has 0 spiro atoms. The molecule has 1 N–H and O–H groups in total. The minimum absolute atomic E-state index is 0.182. The van der Waals surface area contributed by atoms with Gasteiger partial charge in [0, 0.05) is 18.1 Å². The van der Waals surface area contributed by atoms with Crippen molar-refractivity contribution in [3.05, 3.63) is 60.4 Å². The number of sulfonamides is 1. The van der Waals surface area contributed by atoms with Gasteiger partial charge in [-0.2, -0.15) is 11.8 Å². The molecule has 1 heterocycles. The van der Waals surface area contributed by atoms with Crippen LogP contribution in [0.15, 0.2) is 59.8 Å². The predicted molar refractivity (Wildman–Crippen MR) is 82.1 cm³/mol. The topological polar surface area (TPSA) is 59.1 Å². The monoisotopic (exact) mass is 308 g/mol. The van der Waals surface area contributed by atoms with Crippen LogP contribution in [0.1, 0.15) is 11.6 Å². The zero-order valence-corrected chi connectivity index (χ0v) is 12.7. The predicted octanol–water partition coefficient (Wildman–Crippen LogP) is 2.46. The maximum absolute atomic E-state index is 12.3. The first kappa shape index (κ1) is 15.0. The largest absolute Gasteiger partial charge is 0.263 e. The summed E-state index contributed by atoms with van der Waals surface area (Å²) in [7, 11) is -3.56.